The van der Waals surface area contributed by atoms with Gasteiger partial charge in [0.15, 0.2) is 5.96 Å². The second-order valence-corrected chi connectivity index (χ2v) is 5.51. The summed E-state index contributed by atoms with van der Waals surface area (Å²) >= 11 is 0. The van der Waals surface area contributed by atoms with Gasteiger partial charge in [-0.3, -0.25) is 9.79 Å². The molecule has 0 saturated carbocycles. The maximum absolute atomic E-state index is 11.9. The summed E-state index contributed by atoms with van der Waals surface area (Å²) in [6.07, 6.45) is 4.38. The van der Waals surface area contributed by atoms with Crippen molar-refractivity contribution in [2.24, 2.45) is 4.99 Å². The normalized spacial score (nSPS) is 11.2. The van der Waals surface area contributed by atoms with Gasteiger partial charge in [-0.25, -0.2) is 0 Å². The van der Waals surface area contributed by atoms with Crippen LogP contribution in [0.2, 0.25) is 0 Å². The number of carbonyl (C=O) groups is 1. The van der Waals surface area contributed by atoms with Crippen molar-refractivity contribution in [2.45, 2.75) is 46.1 Å². The van der Waals surface area contributed by atoms with E-state index in [0.29, 0.717) is 12.1 Å². The molecule has 0 spiro atoms. The fourth-order valence-electron chi connectivity index (χ4n) is 2.04. The summed E-state index contributed by atoms with van der Waals surface area (Å²) in [6, 6.07) is 7.68. The highest BCUT2D eigenvalue weighted by Crippen LogP contribution is 2.04. The highest BCUT2D eigenvalue weighted by Gasteiger charge is 2.04. The van der Waals surface area contributed by atoms with Crippen molar-refractivity contribution >= 4 is 11.9 Å². The standard InChI is InChI=1S/C18H30N4O/c1-4-6-12-20-17(23)16-10-8-15(9-11-16)14-22-18(19-3)21-13-7-5-2/h8-11H,4-7,12-14H2,1-3H3,(H,20,23)(H2,19,21,22). The Morgan fingerprint density at radius 1 is 0.957 bits per heavy atom. The van der Waals surface area contributed by atoms with E-state index in [1.165, 1.54) is 0 Å². The number of carbonyl (C=O) groups excluding carboxylic acids is 1. The summed E-state index contributed by atoms with van der Waals surface area (Å²) in [5.41, 5.74) is 1.82. The number of amides is 1. The minimum absolute atomic E-state index is 0.00463. The molecular weight excluding hydrogens is 288 g/mol. The van der Waals surface area contributed by atoms with Crippen LogP contribution in [-0.2, 0) is 6.54 Å². The van der Waals surface area contributed by atoms with E-state index in [1.807, 2.05) is 24.3 Å². The first-order valence-corrected chi connectivity index (χ1v) is 8.52. The van der Waals surface area contributed by atoms with Crippen LogP contribution in [0.5, 0.6) is 0 Å². The molecule has 0 bridgehead atoms. The molecular formula is C18H30N4O. The lowest BCUT2D eigenvalue weighted by molar-refractivity contribution is 0.0953. The van der Waals surface area contributed by atoms with Gasteiger partial charge in [-0.2, -0.15) is 0 Å². The van der Waals surface area contributed by atoms with Gasteiger partial charge in [-0.15, -0.1) is 0 Å². The molecule has 0 heterocycles. The Bertz CT molecular complexity index is 482. The Labute approximate surface area is 140 Å². The minimum atomic E-state index is -0.00463. The van der Waals surface area contributed by atoms with E-state index < -0.39 is 0 Å². The van der Waals surface area contributed by atoms with Gasteiger partial charge in [0, 0.05) is 32.2 Å². The van der Waals surface area contributed by atoms with Crippen LogP contribution in [0.3, 0.4) is 0 Å². The topological polar surface area (TPSA) is 65.5 Å². The summed E-state index contributed by atoms with van der Waals surface area (Å²) in [5, 5.41) is 9.47. The van der Waals surface area contributed by atoms with Crippen LogP contribution < -0.4 is 16.0 Å². The lowest BCUT2D eigenvalue weighted by Crippen LogP contribution is -2.37. The molecule has 5 nitrogen and oxygen atoms in total. The third-order valence-corrected chi connectivity index (χ3v) is 3.54. The molecule has 0 aliphatic rings. The maximum atomic E-state index is 11.9. The maximum Gasteiger partial charge on any atom is 0.251 e. The number of benzene rings is 1. The van der Waals surface area contributed by atoms with Crippen LogP contribution in [0.25, 0.3) is 0 Å². The van der Waals surface area contributed by atoms with Gasteiger partial charge in [0.2, 0.25) is 0 Å². The molecule has 0 atom stereocenters. The lowest BCUT2D eigenvalue weighted by atomic mass is 10.1. The van der Waals surface area contributed by atoms with Crippen molar-refractivity contribution in [1.82, 2.24) is 16.0 Å². The van der Waals surface area contributed by atoms with Crippen LogP contribution in [0.4, 0.5) is 0 Å². The smallest absolute Gasteiger partial charge is 0.251 e. The van der Waals surface area contributed by atoms with Gasteiger partial charge in [-0.05, 0) is 30.5 Å². The quantitative estimate of drug-likeness (QED) is 0.372. The lowest BCUT2D eigenvalue weighted by Gasteiger charge is -2.12. The number of nitrogens with one attached hydrogen (secondary N) is 3. The highest BCUT2D eigenvalue weighted by molar-refractivity contribution is 5.94. The molecule has 128 valence electrons. The van der Waals surface area contributed by atoms with Gasteiger partial charge in [0.05, 0.1) is 0 Å². The molecule has 1 aromatic rings. The van der Waals surface area contributed by atoms with E-state index in [4.69, 9.17) is 0 Å². The van der Waals surface area contributed by atoms with Crippen LogP contribution in [0.1, 0.15) is 55.5 Å². The van der Waals surface area contributed by atoms with Gasteiger partial charge in [-0.1, -0.05) is 38.8 Å². The number of hydrogen-bond acceptors (Lipinski definition) is 2. The van der Waals surface area contributed by atoms with Crippen LogP contribution in [0, 0.1) is 0 Å². The number of guanidine groups is 1. The zero-order chi connectivity index (χ0) is 16.9. The summed E-state index contributed by atoms with van der Waals surface area (Å²) in [7, 11) is 1.77. The van der Waals surface area contributed by atoms with Gasteiger partial charge in [0.25, 0.3) is 5.91 Å². The molecule has 0 aromatic heterocycles. The van der Waals surface area contributed by atoms with Gasteiger partial charge >= 0.3 is 0 Å². The van der Waals surface area contributed by atoms with Crippen molar-refractivity contribution in [3.05, 3.63) is 35.4 Å². The van der Waals surface area contributed by atoms with E-state index in [2.05, 4.69) is 34.8 Å². The van der Waals surface area contributed by atoms with Gasteiger partial charge < -0.3 is 16.0 Å². The largest absolute Gasteiger partial charge is 0.356 e. The average Bonchev–Trinajstić information content (AvgIpc) is 2.58. The number of hydrogen-bond donors (Lipinski definition) is 3. The first kappa shape index (κ1) is 19.0. The monoisotopic (exact) mass is 318 g/mol. The third-order valence-electron chi connectivity index (χ3n) is 3.54. The Morgan fingerprint density at radius 3 is 2.13 bits per heavy atom. The second-order valence-electron chi connectivity index (χ2n) is 5.51. The molecule has 5 heteroatoms. The minimum Gasteiger partial charge on any atom is -0.356 e. The fraction of sp³-hybridized carbons (Fsp3) is 0.556. The number of nitrogens with zero attached hydrogens (tertiary/aromatic N) is 1. The van der Waals surface area contributed by atoms with Crippen molar-refractivity contribution < 1.29 is 4.79 Å². The molecule has 1 aromatic carbocycles. The van der Waals surface area contributed by atoms with Crippen molar-refractivity contribution in [1.29, 1.82) is 0 Å². The second kappa shape index (κ2) is 11.5. The molecule has 0 aliphatic heterocycles. The first-order chi connectivity index (χ1) is 11.2. The Morgan fingerprint density at radius 2 is 1.57 bits per heavy atom. The molecule has 0 aliphatic carbocycles. The predicted molar refractivity (Wildman–Crippen MR) is 96.8 cm³/mol. The molecule has 23 heavy (non-hydrogen) atoms. The van der Waals surface area contributed by atoms with E-state index in [1.54, 1.807) is 7.05 Å². The highest BCUT2D eigenvalue weighted by atomic mass is 16.1. The number of unbranched alkanes of at least 4 members (excludes halogenated alkanes) is 2. The molecule has 1 rings (SSSR count). The molecule has 1 amide bonds. The van der Waals surface area contributed by atoms with Crippen molar-refractivity contribution in [3.63, 3.8) is 0 Å². The van der Waals surface area contributed by atoms with Crippen LogP contribution in [-0.4, -0.2) is 32.0 Å². The van der Waals surface area contributed by atoms with Crippen LogP contribution >= 0.6 is 0 Å². The number of rotatable bonds is 9. The summed E-state index contributed by atoms with van der Waals surface area (Å²) in [4.78, 5) is 16.1. The Kier molecular flexibility index (Phi) is 9.52. The Hall–Kier alpha value is -2.04. The number of aliphatic imine (C=N–C) groups is 1. The van der Waals surface area contributed by atoms with E-state index >= 15 is 0 Å². The first-order valence-electron chi connectivity index (χ1n) is 8.52. The van der Waals surface area contributed by atoms with E-state index in [-0.39, 0.29) is 5.91 Å². The summed E-state index contributed by atoms with van der Waals surface area (Å²) < 4.78 is 0. The van der Waals surface area contributed by atoms with Crippen LogP contribution in [0.15, 0.2) is 29.3 Å². The zero-order valence-electron chi connectivity index (χ0n) is 14.6. The third kappa shape index (κ3) is 7.68. The molecule has 0 saturated heterocycles. The molecule has 3 N–H and O–H groups in total. The SMILES string of the molecule is CCCCNC(=O)c1ccc(CNC(=NC)NCCCC)cc1. The van der Waals surface area contributed by atoms with Crippen molar-refractivity contribution in [2.75, 3.05) is 20.1 Å². The average molecular weight is 318 g/mol. The Balaban J connectivity index is 2.42. The summed E-state index contributed by atoms with van der Waals surface area (Å²) in [6.45, 7) is 6.62. The molecule has 0 unspecified atom stereocenters. The fourth-order valence-corrected chi connectivity index (χ4v) is 2.04. The van der Waals surface area contributed by atoms with E-state index in [0.717, 1.165) is 50.3 Å². The van der Waals surface area contributed by atoms with E-state index in [9.17, 15) is 4.79 Å². The van der Waals surface area contributed by atoms with Crippen molar-refractivity contribution in [3.8, 4) is 0 Å². The predicted octanol–water partition coefficient (Wildman–Crippen LogP) is 2.68. The molecule has 0 radical (unpaired) electrons. The zero-order valence-corrected chi connectivity index (χ0v) is 14.6. The van der Waals surface area contributed by atoms with Gasteiger partial charge in [0.1, 0.15) is 0 Å². The summed E-state index contributed by atoms with van der Waals surface area (Å²) in [5.74, 6) is 0.801. The molecule has 0 fully saturated rings.